The number of hydrogen-bond donors (Lipinski definition) is 1. The van der Waals surface area contributed by atoms with Crippen LogP contribution in [-0.2, 0) is 11.2 Å². The molecule has 1 heterocycles. The predicted molar refractivity (Wildman–Crippen MR) is 80.9 cm³/mol. The van der Waals surface area contributed by atoms with Crippen LogP contribution in [0.4, 0.5) is 0 Å². The maximum atomic E-state index is 10.4. The summed E-state index contributed by atoms with van der Waals surface area (Å²) in [5.41, 5.74) is 1.50. The molecule has 1 aliphatic rings. The quantitative estimate of drug-likeness (QED) is 0.918. The lowest BCUT2D eigenvalue weighted by atomic mass is 9.75. The van der Waals surface area contributed by atoms with Gasteiger partial charge in [0.15, 0.2) is 0 Å². The summed E-state index contributed by atoms with van der Waals surface area (Å²) < 4.78 is 5.51. The van der Waals surface area contributed by atoms with Crippen molar-refractivity contribution in [3.05, 3.63) is 40.7 Å². The van der Waals surface area contributed by atoms with Crippen molar-refractivity contribution in [2.75, 3.05) is 6.61 Å². The van der Waals surface area contributed by atoms with Gasteiger partial charge in [0.25, 0.3) is 0 Å². The fraction of sp³-hybridized carbons (Fsp3) is 0.438. The van der Waals surface area contributed by atoms with E-state index in [1.54, 1.807) is 11.3 Å². The summed E-state index contributed by atoms with van der Waals surface area (Å²) in [6.45, 7) is 2.71. The zero-order valence-corrected chi connectivity index (χ0v) is 12.4. The molecule has 1 aliphatic carbocycles. The molecule has 1 fully saturated rings. The van der Waals surface area contributed by atoms with Crippen LogP contribution in [0.5, 0.6) is 0 Å². The van der Waals surface area contributed by atoms with Crippen LogP contribution in [0.25, 0.3) is 11.3 Å². The Morgan fingerprint density at radius 3 is 2.80 bits per heavy atom. The first-order chi connectivity index (χ1) is 9.68. The van der Waals surface area contributed by atoms with Crippen LogP contribution in [0.1, 0.15) is 24.8 Å². The number of aromatic nitrogens is 1. The maximum Gasteiger partial charge on any atom is 0.0961 e. The van der Waals surface area contributed by atoms with E-state index in [9.17, 15) is 5.11 Å². The Labute approximate surface area is 123 Å². The van der Waals surface area contributed by atoms with Crippen LogP contribution in [-0.4, -0.2) is 28.4 Å². The molecule has 0 amide bonds. The molecule has 0 radical (unpaired) electrons. The van der Waals surface area contributed by atoms with Gasteiger partial charge in [-0.1, -0.05) is 30.3 Å². The highest BCUT2D eigenvalue weighted by atomic mass is 32.1. The largest absolute Gasteiger partial charge is 0.389 e. The molecular formula is C16H19NO2S. The Bertz CT molecular complexity index is 561. The molecule has 1 N–H and O–H groups in total. The minimum absolute atomic E-state index is 0.221. The Morgan fingerprint density at radius 2 is 2.10 bits per heavy atom. The average molecular weight is 289 g/mol. The van der Waals surface area contributed by atoms with E-state index in [4.69, 9.17) is 4.74 Å². The monoisotopic (exact) mass is 289 g/mol. The van der Waals surface area contributed by atoms with E-state index in [-0.39, 0.29) is 6.10 Å². The third-order valence-electron chi connectivity index (χ3n) is 3.72. The van der Waals surface area contributed by atoms with Gasteiger partial charge in [0, 0.05) is 36.8 Å². The van der Waals surface area contributed by atoms with Crippen molar-refractivity contribution < 1.29 is 9.84 Å². The van der Waals surface area contributed by atoms with Crippen molar-refractivity contribution >= 4 is 11.3 Å². The van der Waals surface area contributed by atoms with Gasteiger partial charge >= 0.3 is 0 Å². The molecule has 3 nitrogen and oxygen atoms in total. The second-order valence-electron chi connectivity index (χ2n) is 5.38. The molecule has 0 unspecified atom stereocenters. The molecule has 0 spiro atoms. The van der Waals surface area contributed by atoms with Gasteiger partial charge in [0.05, 0.1) is 22.4 Å². The van der Waals surface area contributed by atoms with Gasteiger partial charge in [0.1, 0.15) is 0 Å². The van der Waals surface area contributed by atoms with Crippen molar-refractivity contribution in [1.29, 1.82) is 0 Å². The van der Waals surface area contributed by atoms with Crippen molar-refractivity contribution in [2.24, 2.45) is 0 Å². The Morgan fingerprint density at radius 1 is 1.35 bits per heavy atom. The van der Waals surface area contributed by atoms with Crippen LogP contribution in [0.15, 0.2) is 35.7 Å². The zero-order valence-electron chi connectivity index (χ0n) is 11.6. The van der Waals surface area contributed by atoms with E-state index in [0.717, 1.165) is 35.7 Å². The van der Waals surface area contributed by atoms with Crippen molar-refractivity contribution in [3.63, 3.8) is 0 Å². The number of hydrogen-bond acceptors (Lipinski definition) is 4. The second kappa shape index (κ2) is 5.64. The first kappa shape index (κ1) is 13.7. The van der Waals surface area contributed by atoms with Gasteiger partial charge in [-0.2, -0.15) is 0 Å². The van der Waals surface area contributed by atoms with E-state index in [0.29, 0.717) is 6.42 Å². The van der Waals surface area contributed by atoms with Gasteiger partial charge in [-0.05, 0) is 6.92 Å². The van der Waals surface area contributed by atoms with Gasteiger partial charge in [-0.25, -0.2) is 4.98 Å². The molecule has 2 aromatic rings. The lowest BCUT2D eigenvalue weighted by molar-refractivity contribution is -0.136. The van der Waals surface area contributed by atoms with Gasteiger partial charge in [-0.15, -0.1) is 11.3 Å². The molecule has 0 atom stereocenters. The Kier molecular flexibility index (Phi) is 3.87. The summed E-state index contributed by atoms with van der Waals surface area (Å²) in [5, 5.41) is 13.5. The molecule has 0 aliphatic heterocycles. The van der Waals surface area contributed by atoms with Crippen molar-refractivity contribution in [2.45, 2.75) is 37.9 Å². The van der Waals surface area contributed by atoms with Crippen LogP contribution >= 0.6 is 11.3 Å². The number of thiazole rings is 1. The molecule has 0 bridgehead atoms. The number of benzene rings is 1. The molecule has 1 aromatic carbocycles. The fourth-order valence-electron chi connectivity index (χ4n) is 2.70. The summed E-state index contributed by atoms with van der Waals surface area (Å²) >= 11 is 1.62. The molecule has 20 heavy (non-hydrogen) atoms. The average Bonchev–Trinajstić information content (AvgIpc) is 2.87. The lowest BCUT2D eigenvalue weighted by Crippen LogP contribution is -2.49. The normalized spacial score (nSPS) is 25.4. The van der Waals surface area contributed by atoms with E-state index in [2.05, 4.69) is 22.5 Å². The summed E-state index contributed by atoms with van der Waals surface area (Å²) in [4.78, 5) is 4.64. The van der Waals surface area contributed by atoms with E-state index < -0.39 is 5.60 Å². The minimum Gasteiger partial charge on any atom is -0.389 e. The molecule has 4 heteroatoms. The first-order valence-corrected chi connectivity index (χ1v) is 7.90. The highest BCUT2D eigenvalue weighted by Gasteiger charge is 2.43. The second-order valence-corrected chi connectivity index (χ2v) is 6.32. The molecule has 1 saturated carbocycles. The number of rotatable bonds is 5. The third kappa shape index (κ3) is 2.92. The topological polar surface area (TPSA) is 42.4 Å². The molecular weight excluding hydrogens is 270 g/mol. The van der Waals surface area contributed by atoms with Gasteiger partial charge < -0.3 is 9.84 Å². The minimum atomic E-state index is -0.619. The van der Waals surface area contributed by atoms with Crippen LogP contribution in [0, 0.1) is 0 Å². The van der Waals surface area contributed by atoms with Crippen LogP contribution in [0.3, 0.4) is 0 Å². The summed E-state index contributed by atoms with van der Waals surface area (Å²) in [6, 6.07) is 10.1. The number of aliphatic hydroxyl groups is 1. The highest BCUT2D eigenvalue weighted by molar-refractivity contribution is 7.09. The highest BCUT2D eigenvalue weighted by Crippen LogP contribution is 2.38. The van der Waals surface area contributed by atoms with Crippen LogP contribution in [0.2, 0.25) is 0 Å². The fourth-order valence-corrected chi connectivity index (χ4v) is 3.64. The Balaban J connectivity index is 1.64. The summed E-state index contributed by atoms with van der Waals surface area (Å²) in [6.07, 6.45) is 2.30. The Hall–Kier alpha value is -1.23. The van der Waals surface area contributed by atoms with Crippen molar-refractivity contribution in [1.82, 2.24) is 4.98 Å². The molecule has 3 rings (SSSR count). The van der Waals surface area contributed by atoms with E-state index >= 15 is 0 Å². The van der Waals surface area contributed by atoms with Crippen molar-refractivity contribution in [3.8, 4) is 11.3 Å². The molecule has 106 valence electrons. The van der Waals surface area contributed by atoms with E-state index in [1.807, 2.05) is 25.1 Å². The zero-order chi connectivity index (χ0) is 14.0. The first-order valence-electron chi connectivity index (χ1n) is 7.02. The third-order valence-corrected chi connectivity index (χ3v) is 4.57. The summed E-state index contributed by atoms with van der Waals surface area (Å²) in [5.74, 6) is 0. The summed E-state index contributed by atoms with van der Waals surface area (Å²) in [7, 11) is 0. The predicted octanol–water partition coefficient (Wildman–Crippen LogP) is 3.28. The molecule has 0 saturated heterocycles. The standard InChI is InChI=1S/C16H19NO2S/c1-2-19-13-8-16(18,9-13)10-15-17-14(11-20-15)12-6-4-3-5-7-12/h3-7,11,13,18H,2,8-10H2,1H3. The molecule has 1 aromatic heterocycles. The SMILES string of the molecule is CCOC1CC(O)(Cc2nc(-c3ccccc3)cs2)C1. The number of ether oxygens (including phenoxy) is 1. The van der Waals surface area contributed by atoms with Gasteiger partial charge in [0.2, 0.25) is 0 Å². The maximum absolute atomic E-state index is 10.4. The van der Waals surface area contributed by atoms with E-state index in [1.165, 1.54) is 0 Å². The smallest absolute Gasteiger partial charge is 0.0961 e. The number of nitrogens with zero attached hydrogens (tertiary/aromatic N) is 1. The lowest BCUT2D eigenvalue weighted by Gasteiger charge is -2.42. The van der Waals surface area contributed by atoms with Crippen LogP contribution < -0.4 is 0 Å². The van der Waals surface area contributed by atoms with Gasteiger partial charge in [-0.3, -0.25) is 0 Å².